The van der Waals surface area contributed by atoms with Crippen LogP contribution >= 0.6 is 0 Å². The van der Waals surface area contributed by atoms with Crippen molar-refractivity contribution in [1.29, 1.82) is 0 Å². The number of amides is 1. The maximum atomic E-state index is 11.6. The molecule has 3 heteroatoms. The van der Waals surface area contributed by atoms with Gasteiger partial charge in [-0.1, -0.05) is 6.07 Å². The van der Waals surface area contributed by atoms with Crippen molar-refractivity contribution in [2.24, 2.45) is 0 Å². The lowest BCUT2D eigenvalue weighted by Crippen LogP contribution is -2.27. The van der Waals surface area contributed by atoms with Crippen molar-refractivity contribution in [3.63, 3.8) is 0 Å². The van der Waals surface area contributed by atoms with Gasteiger partial charge >= 0.3 is 0 Å². The van der Waals surface area contributed by atoms with Gasteiger partial charge in [-0.05, 0) is 57.6 Å². The summed E-state index contributed by atoms with van der Waals surface area (Å²) in [7, 11) is 3.76. The van der Waals surface area contributed by atoms with Crippen molar-refractivity contribution in [2.45, 2.75) is 20.8 Å². The van der Waals surface area contributed by atoms with Gasteiger partial charge in [-0.25, -0.2) is 0 Å². The molecule has 1 rings (SSSR count). The van der Waals surface area contributed by atoms with Crippen LogP contribution in [-0.2, 0) is 4.79 Å². The molecular formula is C13H20N2O. The highest BCUT2D eigenvalue weighted by molar-refractivity contribution is 5.93. The zero-order valence-corrected chi connectivity index (χ0v) is 10.7. The molecule has 1 amide bonds. The Bertz CT molecular complexity index is 397. The van der Waals surface area contributed by atoms with Gasteiger partial charge in [0.05, 0.1) is 6.54 Å². The van der Waals surface area contributed by atoms with E-state index < -0.39 is 0 Å². The van der Waals surface area contributed by atoms with E-state index >= 15 is 0 Å². The molecule has 1 N–H and O–H groups in total. The summed E-state index contributed by atoms with van der Waals surface area (Å²) in [6.07, 6.45) is 0. The Morgan fingerprint density at radius 1 is 1.12 bits per heavy atom. The minimum Gasteiger partial charge on any atom is -0.325 e. The zero-order chi connectivity index (χ0) is 12.3. The number of hydrogen-bond acceptors (Lipinski definition) is 2. The summed E-state index contributed by atoms with van der Waals surface area (Å²) in [6, 6.07) is 4.12. The van der Waals surface area contributed by atoms with Crippen molar-refractivity contribution in [3.05, 3.63) is 28.8 Å². The molecule has 16 heavy (non-hydrogen) atoms. The smallest absolute Gasteiger partial charge is 0.238 e. The fourth-order valence-corrected chi connectivity index (χ4v) is 1.57. The summed E-state index contributed by atoms with van der Waals surface area (Å²) >= 11 is 0. The Hall–Kier alpha value is -1.35. The Morgan fingerprint density at radius 3 is 2.25 bits per heavy atom. The summed E-state index contributed by atoms with van der Waals surface area (Å²) in [6.45, 7) is 6.55. The normalized spacial score (nSPS) is 10.6. The van der Waals surface area contributed by atoms with Crippen LogP contribution in [0.25, 0.3) is 0 Å². The Morgan fingerprint density at radius 2 is 1.69 bits per heavy atom. The highest BCUT2D eigenvalue weighted by Gasteiger charge is 2.07. The summed E-state index contributed by atoms with van der Waals surface area (Å²) in [5, 5.41) is 2.93. The molecule has 0 aromatic heterocycles. The average molecular weight is 220 g/mol. The number of carbonyl (C=O) groups excluding carboxylic acids is 1. The number of anilines is 1. The lowest BCUT2D eigenvalue weighted by molar-refractivity contribution is -0.116. The highest BCUT2D eigenvalue weighted by Crippen LogP contribution is 2.19. The van der Waals surface area contributed by atoms with Gasteiger partial charge in [0.2, 0.25) is 5.91 Å². The fourth-order valence-electron chi connectivity index (χ4n) is 1.57. The van der Waals surface area contributed by atoms with Gasteiger partial charge in [-0.3, -0.25) is 4.79 Å². The minimum atomic E-state index is 0.0244. The number of hydrogen-bond donors (Lipinski definition) is 1. The van der Waals surface area contributed by atoms with Crippen LogP contribution in [0.2, 0.25) is 0 Å². The largest absolute Gasteiger partial charge is 0.325 e. The van der Waals surface area contributed by atoms with Crippen LogP contribution in [0.3, 0.4) is 0 Å². The van der Waals surface area contributed by atoms with Crippen molar-refractivity contribution in [3.8, 4) is 0 Å². The number of rotatable bonds is 3. The van der Waals surface area contributed by atoms with Gasteiger partial charge in [0, 0.05) is 5.69 Å². The van der Waals surface area contributed by atoms with Gasteiger partial charge < -0.3 is 10.2 Å². The molecule has 1 aromatic carbocycles. The highest BCUT2D eigenvalue weighted by atomic mass is 16.2. The zero-order valence-electron chi connectivity index (χ0n) is 10.7. The average Bonchev–Trinajstić information content (AvgIpc) is 2.12. The summed E-state index contributed by atoms with van der Waals surface area (Å²) in [4.78, 5) is 13.5. The maximum Gasteiger partial charge on any atom is 0.238 e. The third-order valence-corrected chi connectivity index (χ3v) is 2.57. The van der Waals surface area contributed by atoms with Crippen LogP contribution in [-0.4, -0.2) is 31.4 Å². The van der Waals surface area contributed by atoms with Gasteiger partial charge in [0.25, 0.3) is 0 Å². The summed E-state index contributed by atoms with van der Waals surface area (Å²) in [5.74, 6) is 0.0244. The van der Waals surface area contributed by atoms with Crippen LogP contribution in [0.5, 0.6) is 0 Å². The molecular weight excluding hydrogens is 200 g/mol. The van der Waals surface area contributed by atoms with Crippen molar-refractivity contribution in [2.75, 3.05) is 26.0 Å². The SMILES string of the molecule is Cc1cc(C)c(NC(=O)CN(C)C)cc1C. The van der Waals surface area contributed by atoms with Crippen LogP contribution in [0.15, 0.2) is 12.1 Å². The summed E-state index contributed by atoms with van der Waals surface area (Å²) < 4.78 is 0. The molecule has 0 atom stereocenters. The first kappa shape index (κ1) is 12.7. The van der Waals surface area contributed by atoms with E-state index in [2.05, 4.69) is 25.2 Å². The molecule has 0 aliphatic rings. The molecule has 0 heterocycles. The van der Waals surface area contributed by atoms with E-state index in [0.717, 1.165) is 11.3 Å². The van der Waals surface area contributed by atoms with Crippen LogP contribution in [0.4, 0.5) is 5.69 Å². The van der Waals surface area contributed by atoms with Crippen molar-refractivity contribution >= 4 is 11.6 Å². The maximum absolute atomic E-state index is 11.6. The molecule has 88 valence electrons. The van der Waals surface area contributed by atoms with Gasteiger partial charge in [0.15, 0.2) is 0 Å². The third kappa shape index (κ3) is 3.35. The lowest BCUT2D eigenvalue weighted by Gasteiger charge is -2.13. The molecule has 0 unspecified atom stereocenters. The molecule has 0 spiro atoms. The first-order valence-electron chi connectivity index (χ1n) is 5.42. The van der Waals surface area contributed by atoms with E-state index in [0.29, 0.717) is 6.54 Å². The number of nitrogens with zero attached hydrogens (tertiary/aromatic N) is 1. The first-order chi connectivity index (χ1) is 7.40. The van der Waals surface area contributed by atoms with Crippen LogP contribution < -0.4 is 5.32 Å². The molecule has 0 saturated carbocycles. The monoisotopic (exact) mass is 220 g/mol. The predicted molar refractivity (Wildman–Crippen MR) is 67.8 cm³/mol. The third-order valence-electron chi connectivity index (χ3n) is 2.57. The van der Waals surface area contributed by atoms with Crippen molar-refractivity contribution in [1.82, 2.24) is 4.90 Å². The topological polar surface area (TPSA) is 32.3 Å². The molecule has 0 aliphatic heterocycles. The minimum absolute atomic E-state index is 0.0244. The standard InChI is InChI=1S/C13H20N2O/c1-9-6-11(3)12(7-10(9)2)14-13(16)8-15(4)5/h6-7H,8H2,1-5H3,(H,14,16). The van der Waals surface area contributed by atoms with E-state index in [-0.39, 0.29) is 5.91 Å². The first-order valence-corrected chi connectivity index (χ1v) is 5.42. The lowest BCUT2D eigenvalue weighted by atomic mass is 10.0. The molecule has 0 fully saturated rings. The van der Waals surface area contributed by atoms with Gasteiger partial charge in [-0.15, -0.1) is 0 Å². The number of likely N-dealkylation sites (N-methyl/N-ethyl adjacent to an activating group) is 1. The predicted octanol–water partition coefficient (Wildman–Crippen LogP) is 2.11. The van der Waals surface area contributed by atoms with E-state index in [1.165, 1.54) is 11.1 Å². The Balaban J connectivity index is 2.81. The quantitative estimate of drug-likeness (QED) is 0.846. The van der Waals surface area contributed by atoms with E-state index in [1.807, 2.05) is 32.0 Å². The number of nitrogens with one attached hydrogen (secondary N) is 1. The van der Waals surface area contributed by atoms with Crippen LogP contribution in [0.1, 0.15) is 16.7 Å². The Labute approximate surface area is 97.5 Å². The van der Waals surface area contributed by atoms with E-state index in [1.54, 1.807) is 0 Å². The fraction of sp³-hybridized carbons (Fsp3) is 0.462. The van der Waals surface area contributed by atoms with E-state index in [4.69, 9.17) is 0 Å². The number of carbonyl (C=O) groups is 1. The van der Waals surface area contributed by atoms with E-state index in [9.17, 15) is 4.79 Å². The van der Waals surface area contributed by atoms with Gasteiger partial charge in [0.1, 0.15) is 0 Å². The number of aryl methyl sites for hydroxylation is 3. The molecule has 0 radical (unpaired) electrons. The molecule has 1 aromatic rings. The second kappa shape index (κ2) is 5.12. The summed E-state index contributed by atoms with van der Waals surface area (Å²) in [5.41, 5.74) is 4.47. The van der Waals surface area contributed by atoms with Gasteiger partial charge in [-0.2, -0.15) is 0 Å². The second-order valence-electron chi connectivity index (χ2n) is 4.54. The number of benzene rings is 1. The van der Waals surface area contributed by atoms with Crippen molar-refractivity contribution < 1.29 is 4.79 Å². The molecule has 0 bridgehead atoms. The van der Waals surface area contributed by atoms with Crippen LogP contribution in [0, 0.1) is 20.8 Å². The Kier molecular flexibility index (Phi) is 4.07. The molecule has 0 aliphatic carbocycles. The molecule has 3 nitrogen and oxygen atoms in total. The second-order valence-corrected chi connectivity index (χ2v) is 4.54. The molecule has 0 saturated heterocycles.